The molecule has 0 aliphatic rings. The number of hydrogen-bond acceptors (Lipinski definition) is 4. The highest BCUT2D eigenvalue weighted by molar-refractivity contribution is 7.99. The van der Waals surface area contributed by atoms with E-state index in [1.165, 1.54) is 11.8 Å². The smallest absolute Gasteiger partial charge is 0.237 e. The highest BCUT2D eigenvalue weighted by atomic mass is 32.2. The van der Waals surface area contributed by atoms with Crippen molar-refractivity contribution < 1.29 is 4.79 Å². The lowest BCUT2D eigenvalue weighted by atomic mass is 10.1. The zero-order chi connectivity index (χ0) is 22.5. The fourth-order valence-electron chi connectivity index (χ4n) is 3.59. The lowest BCUT2D eigenvalue weighted by molar-refractivity contribution is -0.116. The van der Waals surface area contributed by atoms with E-state index < -0.39 is 0 Å². The maximum Gasteiger partial charge on any atom is 0.237 e. The van der Waals surface area contributed by atoms with Crippen LogP contribution in [0.3, 0.4) is 0 Å². The second kappa shape index (κ2) is 9.83. The van der Waals surface area contributed by atoms with Crippen LogP contribution in [0.1, 0.15) is 16.7 Å². The van der Waals surface area contributed by atoms with Crippen LogP contribution in [-0.2, 0) is 18.4 Å². The monoisotopic (exact) mass is 442 g/mol. The second-order valence-electron chi connectivity index (χ2n) is 7.77. The van der Waals surface area contributed by atoms with Gasteiger partial charge in [0.15, 0.2) is 11.0 Å². The van der Waals surface area contributed by atoms with Crippen molar-refractivity contribution in [3.63, 3.8) is 0 Å². The third-order valence-corrected chi connectivity index (χ3v) is 6.35. The Bertz CT molecular complexity index is 1220. The third kappa shape index (κ3) is 4.92. The number of thioether (sulfide) groups is 1. The van der Waals surface area contributed by atoms with Crippen molar-refractivity contribution in [1.29, 1.82) is 0 Å². The number of rotatable bonds is 7. The molecule has 1 aromatic heterocycles. The Kier molecular flexibility index (Phi) is 6.71. The molecule has 32 heavy (non-hydrogen) atoms. The molecule has 0 saturated carbocycles. The van der Waals surface area contributed by atoms with Crippen LogP contribution in [0.25, 0.3) is 11.4 Å². The molecule has 1 amide bonds. The average molecular weight is 443 g/mol. The van der Waals surface area contributed by atoms with Gasteiger partial charge < -0.3 is 9.47 Å². The van der Waals surface area contributed by atoms with Gasteiger partial charge in [0.05, 0.1) is 12.3 Å². The van der Waals surface area contributed by atoms with Crippen LogP contribution in [0.4, 0.5) is 5.69 Å². The van der Waals surface area contributed by atoms with Crippen molar-refractivity contribution in [1.82, 2.24) is 14.8 Å². The molecule has 0 aliphatic heterocycles. The molecule has 6 heteroatoms. The van der Waals surface area contributed by atoms with Gasteiger partial charge in [-0.25, -0.2) is 0 Å². The molecule has 0 radical (unpaired) electrons. The quantitative estimate of drug-likeness (QED) is 0.358. The molecule has 4 rings (SSSR count). The highest BCUT2D eigenvalue weighted by Crippen LogP contribution is 2.26. The first-order valence-corrected chi connectivity index (χ1v) is 11.5. The predicted molar refractivity (Wildman–Crippen MR) is 131 cm³/mol. The lowest BCUT2D eigenvalue weighted by Crippen LogP contribution is -2.32. The van der Waals surface area contributed by atoms with Crippen LogP contribution < -0.4 is 4.90 Å². The van der Waals surface area contributed by atoms with Crippen molar-refractivity contribution in [3.8, 4) is 11.4 Å². The molecule has 0 aliphatic carbocycles. The summed E-state index contributed by atoms with van der Waals surface area (Å²) in [6.07, 6.45) is 0. The summed E-state index contributed by atoms with van der Waals surface area (Å²) in [4.78, 5) is 15.2. The van der Waals surface area contributed by atoms with E-state index in [-0.39, 0.29) is 11.7 Å². The fourth-order valence-corrected chi connectivity index (χ4v) is 4.38. The van der Waals surface area contributed by atoms with Crippen molar-refractivity contribution in [3.05, 3.63) is 95.6 Å². The molecular weight excluding hydrogens is 416 g/mol. The normalized spacial score (nSPS) is 10.8. The Morgan fingerprint density at radius 2 is 1.69 bits per heavy atom. The molecule has 0 unspecified atom stereocenters. The van der Waals surface area contributed by atoms with Gasteiger partial charge in [0.25, 0.3) is 0 Å². The number of aromatic nitrogens is 3. The third-order valence-electron chi connectivity index (χ3n) is 5.34. The van der Waals surface area contributed by atoms with Gasteiger partial charge in [-0.3, -0.25) is 4.79 Å². The topological polar surface area (TPSA) is 51.0 Å². The van der Waals surface area contributed by atoms with E-state index in [1.54, 1.807) is 0 Å². The van der Waals surface area contributed by atoms with Crippen LogP contribution in [0, 0.1) is 13.8 Å². The van der Waals surface area contributed by atoms with E-state index in [2.05, 4.69) is 23.2 Å². The Hall–Kier alpha value is -3.38. The Balaban J connectivity index is 1.53. The molecule has 3 aromatic carbocycles. The van der Waals surface area contributed by atoms with Gasteiger partial charge in [-0.05, 0) is 42.7 Å². The number of aryl methyl sites for hydroxylation is 2. The highest BCUT2D eigenvalue weighted by Gasteiger charge is 2.19. The first-order chi connectivity index (χ1) is 15.5. The van der Waals surface area contributed by atoms with Gasteiger partial charge in [-0.2, -0.15) is 0 Å². The number of amides is 1. The number of anilines is 1. The minimum Gasteiger partial charge on any atom is -0.307 e. The summed E-state index contributed by atoms with van der Waals surface area (Å²) in [5.41, 5.74) is 5.30. The van der Waals surface area contributed by atoms with E-state index in [9.17, 15) is 4.79 Å². The lowest BCUT2D eigenvalue weighted by Gasteiger charge is -2.23. The zero-order valence-electron chi connectivity index (χ0n) is 18.5. The van der Waals surface area contributed by atoms with Crippen LogP contribution in [0.15, 0.2) is 84.0 Å². The van der Waals surface area contributed by atoms with Crippen molar-refractivity contribution >= 4 is 23.4 Å². The standard InChI is InChI=1S/C26H26N4OS/c1-19-10-9-14-22(16-19)30(17-21-12-5-4-6-13-21)24(31)18-32-26-28-27-25(29(26)3)23-15-8-7-11-20(23)2/h4-16H,17-18H2,1-3H3. The van der Waals surface area contributed by atoms with Crippen molar-refractivity contribution in [2.75, 3.05) is 10.7 Å². The van der Waals surface area contributed by atoms with E-state index in [4.69, 9.17) is 0 Å². The molecule has 4 aromatic rings. The van der Waals surface area contributed by atoms with Crippen molar-refractivity contribution in [2.45, 2.75) is 25.5 Å². The maximum absolute atomic E-state index is 13.3. The van der Waals surface area contributed by atoms with Gasteiger partial charge in [-0.15, -0.1) is 10.2 Å². The summed E-state index contributed by atoms with van der Waals surface area (Å²) in [5, 5.41) is 9.44. The summed E-state index contributed by atoms with van der Waals surface area (Å²) >= 11 is 1.41. The van der Waals surface area contributed by atoms with Crippen LogP contribution in [0.2, 0.25) is 0 Å². The van der Waals surface area contributed by atoms with E-state index in [0.717, 1.165) is 38.9 Å². The van der Waals surface area contributed by atoms with E-state index >= 15 is 0 Å². The minimum absolute atomic E-state index is 0.0323. The van der Waals surface area contributed by atoms with Gasteiger partial charge >= 0.3 is 0 Å². The molecule has 5 nitrogen and oxygen atoms in total. The molecule has 0 N–H and O–H groups in total. The zero-order valence-corrected chi connectivity index (χ0v) is 19.3. The SMILES string of the molecule is Cc1cccc(N(Cc2ccccc2)C(=O)CSc2nnc(-c3ccccc3C)n2C)c1. The summed E-state index contributed by atoms with van der Waals surface area (Å²) in [7, 11) is 1.94. The van der Waals surface area contributed by atoms with Crippen LogP contribution in [-0.4, -0.2) is 26.4 Å². The molecule has 1 heterocycles. The molecule has 0 atom stereocenters. The first kappa shape index (κ1) is 21.8. The minimum atomic E-state index is 0.0323. The van der Waals surface area contributed by atoms with Gasteiger partial charge in [-0.1, -0.05) is 78.5 Å². The largest absolute Gasteiger partial charge is 0.307 e. The number of carbonyl (C=O) groups is 1. The Morgan fingerprint density at radius 1 is 0.938 bits per heavy atom. The second-order valence-corrected chi connectivity index (χ2v) is 8.72. The number of benzene rings is 3. The van der Waals surface area contributed by atoms with Gasteiger partial charge in [0.1, 0.15) is 0 Å². The average Bonchev–Trinajstić information content (AvgIpc) is 3.17. The van der Waals surface area contributed by atoms with Crippen LogP contribution in [0.5, 0.6) is 0 Å². The maximum atomic E-state index is 13.3. The van der Waals surface area contributed by atoms with Crippen molar-refractivity contribution in [2.24, 2.45) is 7.05 Å². The Labute approximate surface area is 193 Å². The van der Waals surface area contributed by atoms with E-state index in [0.29, 0.717) is 6.54 Å². The number of hydrogen-bond donors (Lipinski definition) is 0. The summed E-state index contributed by atoms with van der Waals surface area (Å²) in [6, 6.07) is 26.2. The molecule has 162 valence electrons. The first-order valence-electron chi connectivity index (χ1n) is 10.5. The van der Waals surface area contributed by atoms with Crippen LogP contribution >= 0.6 is 11.8 Å². The number of carbonyl (C=O) groups excluding carboxylic acids is 1. The number of nitrogens with zero attached hydrogens (tertiary/aromatic N) is 4. The fraction of sp³-hybridized carbons (Fsp3) is 0.192. The van der Waals surface area contributed by atoms with Gasteiger partial charge in [0.2, 0.25) is 5.91 Å². The summed E-state index contributed by atoms with van der Waals surface area (Å²) in [6.45, 7) is 4.62. The molecule has 0 bridgehead atoms. The molecular formula is C26H26N4OS. The summed E-state index contributed by atoms with van der Waals surface area (Å²) in [5.74, 6) is 1.11. The molecule has 0 saturated heterocycles. The molecule has 0 spiro atoms. The van der Waals surface area contributed by atoms with Gasteiger partial charge in [0, 0.05) is 18.3 Å². The van der Waals surface area contributed by atoms with E-state index in [1.807, 2.05) is 96.2 Å². The predicted octanol–water partition coefficient (Wildman–Crippen LogP) is 5.42. The Morgan fingerprint density at radius 3 is 2.44 bits per heavy atom. The molecule has 0 fully saturated rings. The summed E-state index contributed by atoms with van der Waals surface area (Å²) < 4.78 is 1.95.